The quantitative estimate of drug-likeness (QED) is 0.765. The van der Waals surface area contributed by atoms with E-state index >= 15 is 0 Å². The first-order valence-electron chi connectivity index (χ1n) is 8.69. The van der Waals surface area contributed by atoms with Gasteiger partial charge in [0.1, 0.15) is 12.8 Å². The number of aromatic nitrogens is 1. The molecule has 1 amide bonds. The molecule has 1 aromatic heterocycles. The molecule has 2 heterocycles. The number of oxazole rings is 1. The zero-order valence-corrected chi connectivity index (χ0v) is 15.3. The van der Waals surface area contributed by atoms with Crippen LogP contribution in [0, 0.1) is 13.8 Å². The number of carbonyl (C=O) groups is 2. The fraction of sp³-hybridized carbons (Fsp3) is 0.421. The first kappa shape index (κ1) is 18.0. The summed E-state index contributed by atoms with van der Waals surface area (Å²) in [6.45, 7) is 8.05. The third-order valence-corrected chi connectivity index (χ3v) is 4.22. The Hall–Kier alpha value is -2.83. The smallest absolute Gasteiger partial charge is 0.360 e. The van der Waals surface area contributed by atoms with E-state index in [0.717, 1.165) is 5.56 Å². The summed E-state index contributed by atoms with van der Waals surface area (Å²) in [4.78, 5) is 31.9. The van der Waals surface area contributed by atoms with Crippen molar-refractivity contribution in [3.8, 4) is 0 Å². The highest BCUT2D eigenvalue weighted by Crippen LogP contribution is 2.19. The molecule has 0 atom stereocenters. The van der Waals surface area contributed by atoms with Crippen LogP contribution in [0.4, 0.5) is 6.01 Å². The fourth-order valence-electron chi connectivity index (χ4n) is 3.13. The summed E-state index contributed by atoms with van der Waals surface area (Å²) in [5.74, 6) is -0.520. The number of ether oxygens (including phenoxy) is 1. The number of rotatable bonds is 5. The standard InChI is InChI=1S/C19H23N3O4/c1-4-25-18(24)16-12-26-19(20-16)22-6-5-21(17(23)11-22)10-15-8-13(2)7-14(3)9-15/h7-9,12H,4-6,10-11H2,1-3H3. The molecule has 0 bridgehead atoms. The molecule has 0 saturated carbocycles. The molecule has 1 aliphatic heterocycles. The lowest BCUT2D eigenvalue weighted by Crippen LogP contribution is -2.50. The molecule has 7 nitrogen and oxygen atoms in total. The zero-order chi connectivity index (χ0) is 18.7. The van der Waals surface area contributed by atoms with E-state index in [1.807, 2.05) is 4.90 Å². The number of piperazine rings is 1. The van der Waals surface area contributed by atoms with Gasteiger partial charge in [0.25, 0.3) is 6.01 Å². The number of esters is 1. The molecule has 7 heteroatoms. The highest BCUT2D eigenvalue weighted by molar-refractivity contribution is 5.87. The van der Waals surface area contributed by atoms with Gasteiger partial charge in [-0.15, -0.1) is 0 Å². The van der Waals surface area contributed by atoms with Crippen molar-refractivity contribution in [3.63, 3.8) is 0 Å². The van der Waals surface area contributed by atoms with Crippen LogP contribution in [0.1, 0.15) is 34.1 Å². The van der Waals surface area contributed by atoms with Crippen LogP contribution < -0.4 is 4.90 Å². The molecule has 1 aliphatic rings. The average molecular weight is 357 g/mol. The number of nitrogens with zero attached hydrogens (tertiary/aromatic N) is 3. The van der Waals surface area contributed by atoms with Gasteiger partial charge in [-0.2, -0.15) is 4.98 Å². The first-order chi connectivity index (χ1) is 12.5. The van der Waals surface area contributed by atoms with E-state index < -0.39 is 5.97 Å². The van der Waals surface area contributed by atoms with Crippen molar-refractivity contribution >= 4 is 17.9 Å². The maximum absolute atomic E-state index is 12.5. The number of carbonyl (C=O) groups excluding carboxylic acids is 2. The number of benzene rings is 1. The highest BCUT2D eigenvalue weighted by Gasteiger charge is 2.27. The van der Waals surface area contributed by atoms with Crippen LogP contribution in [-0.4, -0.2) is 48.0 Å². The van der Waals surface area contributed by atoms with E-state index in [1.165, 1.54) is 17.4 Å². The van der Waals surface area contributed by atoms with E-state index in [0.29, 0.717) is 19.6 Å². The number of aryl methyl sites for hydroxylation is 2. The van der Waals surface area contributed by atoms with E-state index in [2.05, 4.69) is 37.0 Å². The predicted molar refractivity (Wildman–Crippen MR) is 96.0 cm³/mol. The monoisotopic (exact) mass is 357 g/mol. The third-order valence-electron chi connectivity index (χ3n) is 4.22. The van der Waals surface area contributed by atoms with Crippen molar-refractivity contribution in [2.75, 3.05) is 31.1 Å². The maximum atomic E-state index is 12.5. The largest absolute Gasteiger partial charge is 0.461 e. The summed E-state index contributed by atoms with van der Waals surface area (Å²) in [5, 5.41) is 0. The normalized spacial score (nSPS) is 14.7. The van der Waals surface area contributed by atoms with Gasteiger partial charge in [0.15, 0.2) is 5.69 Å². The fourth-order valence-corrected chi connectivity index (χ4v) is 3.13. The van der Waals surface area contributed by atoms with Gasteiger partial charge in [-0.25, -0.2) is 4.79 Å². The van der Waals surface area contributed by atoms with Crippen LogP contribution in [0.15, 0.2) is 28.9 Å². The van der Waals surface area contributed by atoms with Gasteiger partial charge in [-0.05, 0) is 26.3 Å². The van der Waals surface area contributed by atoms with Crippen LogP contribution in [0.5, 0.6) is 0 Å². The van der Waals surface area contributed by atoms with Crippen molar-refractivity contribution in [2.45, 2.75) is 27.3 Å². The summed E-state index contributed by atoms with van der Waals surface area (Å²) >= 11 is 0. The van der Waals surface area contributed by atoms with Crippen molar-refractivity contribution in [2.24, 2.45) is 0 Å². The van der Waals surface area contributed by atoms with Crippen molar-refractivity contribution < 1.29 is 18.7 Å². The minimum absolute atomic E-state index is 0.00583. The lowest BCUT2D eigenvalue weighted by molar-refractivity contribution is -0.131. The minimum Gasteiger partial charge on any atom is -0.461 e. The Morgan fingerprint density at radius 2 is 1.96 bits per heavy atom. The Bertz CT molecular complexity index is 795. The molecule has 1 saturated heterocycles. The van der Waals surface area contributed by atoms with Gasteiger partial charge in [0.05, 0.1) is 6.61 Å². The van der Waals surface area contributed by atoms with Gasteiger partial charge >= 0.3 is 5.97 Å². The maximum Gasteiger partial charge on any atom is 0.360 e. The Kier molecular flexibility index (Phi) is 5.25. The van der Waals surface area contributed by atoms with E-state index in [1.54, 1.807) is 11.8 Å². The second-order valence-corrected chi connectivity index (χ2v) is 6.47. The van der Waals surface area contributed by atoms with E-state index in [4.69, 9.17) is 9.15 Å². The SMILES string of the molecule is CCOC(=O)c1coc(N2CCN(Cc3cc(C)cc(C)c3)C(=O)C2)n1. The summed E-state index contributed by atoms with van der Waals surface area (Å²) < 4.78 is 10.2. The molecule has 26 heavy (non-hydrogen) atoms. The summed E-state index contributed by atoms with van der Waals surface area (Å²) in [6.07, 6.45) is 1.26. The third kappa shape index (κ3) is 4.04. The summed E-state index contributed by atoms with van der Waals surface area (Å²) in [7, 11) is 0. The van der Waals surface area contributed by atoms with Gasteiger partial charge in [0.2, 0.25) is 5.91 Å². The minimum atomic E-state index is -0.526. The summed E-state index contributed by atoms with van der Waals surface area (Å²) in [6, 6.07) is 6.60. The summed E-state index contributed by atoms with van der Waals surface area (Å²) in [5.41, 5.74) is 3.63. The molecular formula is C19H23N3O4. The average Bonchev–Trinajstić information content (AvgIpc) is 3.06. The molecular weight excluding hydrogens is 334 g/mol. The topological polar surface area (TPSA) is 75.9 Å². The van der Waals surface area contributed by atoms with Gasteiger partial charge in [0, 0.05) is 19.6 Å². The van der Waals surface area contributed by atoms with Gasteiger partial charge < -0.3 is 19.0 Å². The number of hydrogen-bond acceptors (Lipinski definition) is 6. The van der Waals surface area contributed by atoms with Crippen LogP contribution in [-0.2, 0) is 16.1 Å². The van der Waals surface area contributed by atoms with Crippen LogP contribution in [0.3, 0.4) is 0 Å². The Morgan fingerprint density at radius 3 is 2.62 bits per heavy atom. The van der Waals surface area contributed by atoms with E-state index in [9.17, 15) is 9.59 Å². The second kappa shape index (κ2) is 7.59. The van der Waals surface area contributed by atoms with Crippen molar-refractivity contribution in [1.82, 2.24) is 9.88 Å². The van der Waals surface area contributed by atoms with E-state index in [-0.39, 0.29) is 30.8 Å². The van der Waals surface area contributed by atoms with Crippen LogP contribution in [0.25, 0.3) is 0 Å². The lowest BCUT2D eigenvalue weighted by atomic mass is 10.1. The van der Waals surface area contributed by atoms with Gasteiger partial charge in [-0.1, -0.05) is 29.3 Å². The Balaban J connectivity index is 1.63. The first-order valence-corrected chi connectivity index (χ1v) is 8.69. The Morgan fingerprint density at radius 1 is 1.23 bits per heavy atom. The van der Waals surface area contributed by atoms with Crippen LogP contribution >= 0.6 is 0 Å². The molecule has 0 spiro atoms. The second-order valence-electron chi connectivity index (χ2n) is 6.47. The molecule has 1 fully saturated rings. The molecule has 0 aliphatic carbocycles. The highest BCUT2D eigenvalue weighted by atomic mass is 16.5. The molecule has 0 radical (unpaired) electrons. The molecule has 2 aromatic rings. The molecule has 0 N–H and O–H groups in total. The molecule has 138 valence electrons. The lowest BCUT2D eigenvalue weighted by Gasteiger charge is -2.33. The molecule has 1 aromatic carbocycles. The predicted octanol–water partition coefficient (Wildman–Crippen LogP) is 2.32. The van der Waals surface area contributed by atoms with Crippen LogP contribution in [0.2, 0.25) is 0 Å². The Labute approximate surface area is 152 Å². The zero-order valence-electron chi connectivity index (χ0n) is 15.3. The number of anilines is 1. The van der Waals surface area contributed by atoms with Crippen molar-refractivity contribution in [3.05, 3.63) is 46.8 Å². The molecule has 3 rings (SSSR count). The molecule has 0 unspecified atom stereocenters. The van der Waals surface area contributed by atoms with Crippen molar-refractivity contribution in [1.29, 1.82) is 0 Å². The number of hydrogen-bond donors (Lipinski definition) is 0. The van der Waals surface area contributed by atoms with Gasteiger partial charge in [-0.3, -0.25) is 4.79 Å². The number of amides is 1.